The number of thiophene rings is 1. The van der Waals surface area contributed by atoms with E-state index in [-0.39, 0.29) is 0 Å². The van der Waals surface area contributed by atoms with E-state index in [1.54, 1.807) is 0 Å². The molecule has 1 N–H and O–H groups in total. The summed E-state index contributed by atoms with van der Waals surface area (Å²) in [5, 5.41) is 4.85. The Labute approximate surface area is 171 Å². The minimum atomic E-state index is -3.18. The molecule has 146 valence electrons. The van der Waals surface area contributed by atoms with E-state index >= 15 is 0 Å². The monoisotopic (exact) mass is 447 g/mol. The number of carbonyl (C=O) groups excluding carboxylic acids is 1. The molecular formula is C16H18ClN3O4S3. The molecule has 1 saturated heterocycles. The van der Waals surface area contributed by atoms with Crippen LogP contribution in [-0.2, 0) is 14.8 Å². The first kappa shape index (κ1) is 20.3. The third-order valence-corrected chi connectivity index (χ3v) is 7.55. The molecule has 1 aromatic carbocycles. The van der Waals surface area contributed by atoms with E-state index in [4.69, 9.17) is 28.6 Å². The molecule has 0 unspecified atom stereocenters. The summed E-state index contributed by atoms with van der Waals surface area (Å²) in [5.74, 6) is -0.463. The van der Waals surface area contributed by atoms with E-state index in [9.17, 15) is 13.2 Å². The largest absolute Gasteiger partial charge is 0.465 e. The molecule has 0 radical (unpaired) electrons. The third kappa shape index (κ3) is 4.35. The molecule has 2 heterocycles. The number of thiocarbonyl (C=S) groups is 1. The summed E-state index contributed by atoms with van der Waals surface area (Å²) < 4.78 is 30.2. The molecule has 0 bridgehead atoms. The van der Waals surface area contributed by atoms with Crippen LogP contribution < -0.4 is 5.32 Å². The highest BCUT2D eigenvalue weighted by Gasteiger charge is 2.24. The van der Waals surface area contributed by atoms with Crippen LogP contribution in [0, 0.1) is 0 Å². The molecule has 11 heteroatoms. The minimum Gasteiger partial charge on any atom is -0.465 e. The van der Waals surface area contributed by atoms with Crippen molar-refractivity contribution in [2.75, 3.05) is 44.9 Å². The Balaban J connectivity index is 1.71. The summed E-state index contributed by atoms with van der Waals surface area (Å²) in [5.41, 5.74) is 0.771. The Hall–Kier alpha value is -1.46. The lowest BCUT2D eigenvalue weighted by Gasteiger charge is -2.34. The van der Waals surface area contributed by atoms with Crippen molar-refractivity contribution in [1.29, 1.82) is 0 Å². The second-order valence-corrected chi connectivity index (χ2v) is 9.83. The molecule has 1 aromatic heterocycles. The molecule has 1 aliphatic rings. The van der Waals surface area contributed by atoms with Crippen molar-refractivity contribution in [3.8, 4) is 0 Å². The highest BCUT2D eigenvalue weighted by Crippen LogP contribution is 2.37. The van der Waals surface area contributed by atoms with Crippen LogP contribution in [0.25, 0.3) is 10.1 Å². The molecule has 1 aliphatic heterocycles. The zero-order valence-electron chi connectivity index (χ0n) is 14.7. The Bertz CT molecular complexity index is 998. The van der Waals surface area contributed by atoms with E-state index in [0.717, 1.165) is 15.8 Å². The van der Waals surface area contributed by atoms with E-state index in [0.29, 0.717) is 41.2 Å². The summed E-state index contributed by atoms with van der Waals surface area (Å²) in [4.78, 5) is 14.1. The second kappa shape index (κ2) is 7.88. The maximum atomic E-state index is 11.8. The topological polar surface area (TPSA) is 79.0 Å². The molecule has 3 rings (SSSR count). The van der Waals surface area contributed by atoms with Crippen molar-refractivity contribution in [3.05, 3.63) is 28.1 Å². The fraction of sp³-hybridized carbons (Fsp3) is 0.375. The predicted molar refractivity (Wildman–Crippen MR) is 112 cm³/mol. The van der Waals surface area contributed by atoms with E-state index in [1.165, 1.54) is 29.0 Å². The van der Waals surface area contributed by atoms with E-state index in [2.05, 4.69) is 5.32 Å². The highest BCUT2D eigenvalue weighted by atomic mass is 35.5. The first-order valence-electron chi connectivity index (χ1n) is 8.02. The van der Waals surface area contributed by atoms with Crippen LogP contribution in [0.3, 0.4) is 0 Å². The number of ether oxygens (including phenoxy) is 1. The lowest BCUT2D eigenvalue weighted by Crippen LogP contribution is -2.51. The average Bonchev–Trinajstić information content (AvgIpc) is 2.96. The van der Waals surface area contributed by atoms with Gasteiger partial charge < -0.3 is 15.0 Å². The average molecular weight is 448 g/mol. The number of piperazine rings is 1. The Morgan fingerprint density at radius 1 is 1.30 bits per heavy atom. The van der Waals surface area contributed by atoms with Crippen LogP contribution in [0.4, 0.5) is 5.69 Å². The van der Waals surface area contributed by atoms with Gasteiger partial charge in [-0.1, -0.05) is 11.6 Å². The van der Waals surface area contributed by atoms with Gasteiger partial charge in [-0.3, -0.25) is 0 Å². The van der Waals surface area contributed by atoms with Crippen molar-refractivity contribution in [3.63, 3.8) is 0 Å². The van der Waals surface area contributed by atoms with Crippen LogP contribution in [0.5, 0.6) is 0 Å². The normalized spacial score (nSPS) is 15.7. The summed E-state index contributed by atoms with van der Waals surface area (Å²) in [6.07, 6.45) is 1.21. The Morgan fingerprint density at radius 3 is 2.56 bits per heavy atom. The molecule has 27 heavy (non-hydrogen) atoms. The second-order valence-electron chi connectivity index (χ2n) is 6.03. The van der Waals surface area contributed by atoms with Gasteiger partial charge in [-0.2, -0.15) is 4.31 Å². The van der Waals surface area contributed by atoms with Crippen LogP contribution in [0.15, 0.2) is 18.2 Å². The number of fused-ring (bicyclic) bond motifs is 1. The lowest BCUT2D eigenvalue weighted by molar-refractivity contribution is 0.0606. The van der Waals surface area contributed by atoms with Gasteiger partial charge in [0.1, 0.15) is 4.88 Å². The molecule has 1 fully saturated rings. The number of sulfonamides is 1. The van der Waals surface area contributed by atoms with E-state index < -0.39 is 16.0 Å². The SMILES string of the molecule is COC(=O)c1sc2cc(NC(=S)N3CCN(S(C)(=O)=O)CC3)ccc2c1Cl. The number of anilines is 1. The molecule has 0 spiro atoms. The van der Waals surface area contributed by atoms with Crippen molar-refractivity contribution in [1.82, 2.24) is 9.21 Å². The van der Waals surface area contributed by atoms with Crippen LogP contribution in [0.1, 0.15) is 9.67 Å². The Kier molecular flexibility index (Phi) is 5.92. The minimum absolute atomic E-state index is 0.366. The summed E-state index contributed by atoms with van der Waals surface area (Å²) in [6.45, 7) is 1.86. The number of esters is 1. The summed E-state index contributed by atoms with van der Waals surface area (Å²) in [6, 6.07) is 5.53. The maximum absolute atomic E-state index is 11.8. The quantitative estimate of drug-likeness (QED) is 0.572. The number of nitrogens with zero attached hydrogens (tertiary/aromatic N) is 2. The molecule has 2 aromatic rings. The zero-order chi connectivity index (χ0) is 19.8. The Morgan fingerprint density at radius 2 is 1.96 bits per heavy atom. The van der Waals surface area contributed by atoms with Crippen molar-refractivity contribution >= 4 is 72.0 Å². The van der Waals surface area contributed by atoms with Gasteiger partial charge in [0.05, 0.1) is 18.4 Å². The highest BCUT2D eigenvalue weighted by molar-refractivity contribution is 7.88. The number of benzene rings is 1. The van der Waals surface area contributed by atoms with Gasteiger partial charge >= 0.3 is 5.97 Å². The van der Waals surface area contributed by atoms with Crippen LogP contribution >= 0.6 is 35.2 Å². The fourth-order valence-corrected chi connectivity index (χ4v) is 5.39. The fourth-order valence-electron chi connectivity index (χ4n) is 2.79. The number of rotatable bonds is 3. The first-order chi connectivity index (χ1) is 12.7. The molecule has 7 nitrogen and oxygen atoms in total. The first-order valence-corrected chi connectivity index (χ1v) is 11.5. The van der Waals surface area contributed by atoms with Gasteiger partial charge in [-0.05, 0) is 30.4 Å². The third-order valence-electron chi connectivity index (χ3n) is 4.25. The molecule has 0 saturated carbocycles. The number of nitrogens with one attached hydrogen (secondary N) is 1. The lowest BCUT2D eigenvalue weighted by atomic mass is 10.2. The number of hydrogen-bond acceptors (Lipinski definition) is 6. The van der Waals surface area contributed by atoms with Crippen molar-refractivity contribution in [2.24, 2.45) is 0 Å². The van der Waals surface area contributed by atoms with Gasteiger partial charge in [0.2, 0.25) is 10.0 Å². The van der Waals surface area contributed by atoms with Gasteiger partial charge in [-0.15, -0.1) is 11.3 Å². The van der Waals surface area contributed by atoms with Gasteiger partial charge in [0.15, 0.2) is 5.11 Å². The molecule has 0 amide bonds. The molecule has 0 aliphatic carbocycles. The van der Waals surface area contributed by atoms with Gasteiger partial charge in [0, 0.05) is 42.0 Å². The smallest absolute Gasteiger partial charge is 0.349 e. The standard InChI is InChI=1S/C16H18ClN3O4S3/c1-24-15(21)14-13(17)11-4-3-10(9-12(11)26-14)18-16(25)19-5-7-20(8-6-19)27(2,22)23/h3-4,9H,5-8H2,1-2H3,(H,18,25). The summed E-state index contributed by atoms with van der Waals surface area (Å²) >= 11 is 13.0. The maximum Gasteiger partial charge on any atom is 0.349 e. The van der Waals surface area contributed by atoms with Crippen LogP contribution in [0.2, 0.25) is 5.02 Å². The molecular weight excluding hydrogens is 430 g/mol. The van der Waals surface area contributed by atoms with Gasteiger partial charge in [-0.25, -0.2) is 13.2 Å². The zero-order valence-corrected chi connectivity index (χ0v) is 17.9. The predicted octanol–water partition coefficient (Wildman–Crippen LogP) is 2.62. The number of methoxy groups -OCH3 is 1. The summed E-state index contributed by atoms with van der Waals surface area (Å²) in [7, 11) is -1.86. The van der Waals surface area contributed by atoms with Crippen LogP contribution in [-0.4, -0.2) is 68.2 Å². The molecule has 0 atom stereocenters. The van der Waals surface area contributed by atoms with Crippen molar-refractivity contribution in [2.45, 2.75) is 0 Å². The number of hydrogen-bond donors (Lipinski definition) is 1. The van der Waals surface area contributed by atoms with Crippen molar-refractivity contribution < 1.29 is 17.9 Å². The number of halogens is 1. The number of carbonyl (C=O) groups is 1. The van der Waals surface area contributed by atoms with E-state index in [1.807, 2.05) is 23.1 Å². The van der Waals surface area contributed by atoms with Gasteiger partial charge in [0.25, 0.3) is 0 Å².